The van der Waals surface area contributed by atoms with Crippen LogP contribution >= 0.6 is 0 Å². The average molecular weight is 213 g/mol. The minimum absolute atomic E-state index is 0.115. The van der Waals surface area contributed by atoms with Crippen molar-refractivity contribution < 1.29 is 0 Å². The van der Waals surface area contributed by atoms with Crippen LogP contribution in [-0.2, 0) is 5.41 Å². The molecule has 84 valence electrons. The molecule has 1 heteroatoms. The van der Waals surface area contributed by atoms with E-state index in [-0.39, 0.29) is 5.41 Å². The van der Waals surface area contributed by atoms with Gasteiger partial charge in [0.2, 0.25) is 0 Å². The Hall–Kier alpha value is -1.37. The topological polar surface area (TPSA) is 12.9 Å². The van der Waals surface area contributed by atoms with Crippen LogP contribution in [0.5, 0.6) is 0 Å². The Morgan fingerprint density at radius 1 is 1.00 bits per heavy atom. The van der Waals surface area contributed by atoms with Crippen LogP contribution in [-0.4, -0.2) is 4.98 Å². The van der Waals surface area contributed by atoms with E-state index in [9.17, 15) is 0 Å². The average Bonchev–Trinajstić information content (AvgIpc) is 2.17. The molecule has 0 spiro atoms. The summed E-state index contributed by atoms with van der Waals surface area (Å²) in [4.78, 5) is 4.75. The zero-order valence-corrected chi connectivity index (χ0v) is 10.8. The van der Waals surface area contributed by atoms with Crippen LogP contribution in [0.1, 0.15) is 37.6 Å². The van der Waals surface area contributed by atoms with Gasteiger partial charge in [-0.05, 0) is 37.6 Å². The summed E-state index contributed by atoms with van der Waals surface area (Å²) in [5.41, 5.74) is 5.00. The number of aromatic nitrogens is 1. The summed E-state index contributed by atoms with van der Waals surface area (Å²) in [6.07, 6.45) is 0. The number of benzene rings is 1. The smallest absolute Gasteiger partial charge is 0.0708 e. The van der Waals surface area contributed by atoms with Crippen LogP contribution in [0.25, 0.3) is 10.9 Å². The van der Waals surface area contributed by atoms with Gasteiger partial charge in [0.15, 0.2) is 0 Å². The van der Waals surface area contributed by atoms with Crippen molar-refractivity contribution in [1.82, 2.24) is 4.98 Å². The highest BCUT2D eigenvalue weighted by molar-refractivity contribution is 5.83. The Balaban J connectivity index is 2.74. The molecule has 0 amide bonds. The molecule has 1 heterocycles. The molecule has 1 aromatic carbocycles. The first-order valence-electron chi connectivity index (χ1n) is 5.76. The predicted octanol–water partition coefficient (Wildman–Crippen LogP) is 4.15. The molecular formula is C15H19N. The second-order valence-electron chi connectivity index (χ2n) is 5.59. The number of nitrogens with zero attached hydrogens (tertiary/aromatic N) is 1. The maximum atomic E-state index is 4.75. The van der Waals surface area contributed by atoms with E-state index in [0.29, 0.717) is 0 Å². The highest BCUT2D eigenvalue weighted by atomic mass is 14.7. The lowest BCUT2D eigenvalue weighted by atomic mass is 9.90. The molecule has 1 aromatic heterocycles. The van der Waals surface area contributed by atoms with Gasteiger partial charge in [0, 0.05) is 16.5 Å². The van der Waals surface area contributed by atoms with Gasteiger partial charge in [-0.1, -0.05) is 32.4 Å². The summed E-state index contributed by atoms with van der Waals surface area (Å²) in [7, 11) is 0. The van der Waals surface area contributed by atoms with Gasteiger partial charge in [0.1, 0.15) is 0 Å². The maximum absolute atomic E-state index is 4.75. The monoisotopic (exact) mass is 213 g/mol. The predicted molar refractivity (Wildman–Crippen MR) is 69.9 cm³/mol. The van der Waals surface area contributed by atoms with E-state index in [0.717, 1.165) is 5.52 Å². The van der Waals surface area contributed by atoms with E-state index >= 15 is 0 Å². The Kier molecular flexibility index (Phi) is 2.49. The van der Waals surface area contributed by atoms with Gasteiger partial charge in [-0.2, -0.15) is 0 Å². The van der Waals surface area contributed by atoms with Crippen molar-refractivity contribution in [3.63, 3.8) is 0 Å². The normalized spacial score (nSPS) is 12.1. The van der Waals surface area contributed by atoms with Crippen molar-refractivity contribution >= 4 is 10.9 Å². The third kappa shape index (κ3) is 1.95. The molecule has 0 aliphatic heterocycles. The summed E-state index contributed by atoms with van der Waals surface area (Å²) < 4.78 is 0. The summed E-state index contributed by atoms with van der Waals surface area (Å²) in [6, 6.07) is 8.67. The van der Waals surface area contributed by atoms with Gasteiger partial charge in [-0.25, -0.2) is 0 Å². The molecule has 1 nitrogen and oxygen atoms in total. The molecule has 0 fully saturated rings. The van der Waals surface area contributed by atoms with Crippen molar-refractivity contribution in [3.05, 3.63) is 41.1 Å². The molecule has 0 aliphatic rings. The summed E-state index contributed by atoms with van der Waals surface area (Å²) in [5.74, 6) is 0. The van der Waals surface area contributed by atoms with Crippen molar-refractivity contribution in [3.8, 4) is 0 Å². The summed E-state index contributed by atoms with van der Waals surface area (Å²) in [6.45, 7) is 10.9. The number of fused-ring (bicyclic) bond motifs is 1. The van der Waals surface area contributed by atoms with Crippen LogP contribution < -0.4 is 0 Å². The largest absolute Gasteiger partial charge is 0.252 e. The fourth-order valence-corrected chi connectivity index (χ4v) is 1.89. The zero-order chi connectivity index (χ0) is 11.9. The molecule has 2 aromatic rings. The molecule has 0 N–H and O–H groups in total. The number of pyridine rings is 1. The van der Waals surface area contributed by atoms with E-state index in [2.05, 4.69) is 58.9 Å². The standard InChI is InChI=1S/C15H19N/c1-10-6-7-13-12(8-10)11(2)9-14(16-13)15(3,4)5/h6-9H,1-5H3. The first-order chi connectivity index (χ1) is 7.38. The summed E-state index contributed by atoms with van der Waals surface area (Å²) >= 11 is 0. The molecule has 0 saturated heterocycles. The van der Waals surface area contributed by atoms with Crippen LogP contribution in [0.3, 0.4) is 0 Å². The molecule has 0 saturated carbocycles. The number of rotatable bonds is 0. The lowest BCUT2D eigenvalue weighted by Crippen LogP contribution is -2.13. The van der Waals surface area contributed by atoms with Crippen molar-refractivity contribution in [1.29, 1.82) is 0 Å². The van der Waals surface area contributed by atoms with E-state index in [1.165, 1.54) is 22.2 Å². The van der Waals surface area contributed by atoms with Gasteiger partial charge in [-0.15, -0.1) is 0 Å². The molecule has 2 rings (SSSR count). The third-order valence-electron chi connectivity index (χ3n) is 2.94. The molecule has 0 atom stereocenters. The van der Waals surface area contributed by atoms with Crippen LogP contribution in [0.4, 0.5) is 0 Å². The van der Waals surface area contributed by atoms with Crippen molar-refractivity contribution in [2.24, 2.45) is 0 Å². The van der Waals surface area contributed by atoms with E-state index in [4.69, 9.17) is 4.98 Å². The Bertz CT molecular complexity index is 533. The van der Waals surface area contributed by atoms with Crippen molar-refractivity contribution in [2.75, 3.05) is 0 Å². The van der Waals surface area contributed by atoms with Crippen LogP contribution in [0, 0.1) is 13.8 Å². The molecule has 0 unspecified atom stereocenters. The summed E-state index contributed by atoms with van der Waals surface area (Å²) in [5, 5.41) is 1.27. The quantitative estimate of drug-likeness (QED) is 0.640. The number of hydrogen-bond donors (Lipinski definition) is 0. The van der Waals surface area contributed by atoms with E-state index in [1.807, 2.05) is 0 Å². The Morgan fingerprint density at radius 3 is 2.31 bits per heavy atom. The fourth-order valence-electron chi connectivity index (χ4n) is 1.89. The second-order valence-corrected chi connectivity index (χ2v) is 5.59. The number of hydrogen-bond acceptors (Lipinski definition) is 1. The molecule has 0 bridgehead atoms. The van der Waals surface area contributed by atoms with Gasteiger partial charge in [-0.3, -0.25) is 4.98 Å². The highest BCUT2D eigenvalue weighted by Gasteiger charge is 2.16. The second kappa shape index (κ2) is 3.58. The fraction of sp³-hybridized carbons (Fsp3) is 0.400. The van der Waals surface area contributed by atoms with E-state index < -0.39 is 0 Å². The van der Waals surface area contributed by atoms with Gasteiger partial charge in [0.25, 0.3) is 0 Å². The SMILES string of the molecule is Cc1ccc2nc(C(C)(C)C)cc(C)c2c1. The molecule has 0 radical (unpaired) electrons. The highest BCUT2D eigenvalue weighted by Crippen LogP contribution is 2.26. The first kappa shape index (κ1) is 11.1. The lowest BCUT2D eigenvalue weighted by Gasteiger charge is -2.19. The third-order valence-corrected chi connectivity index (χ3v) is 2.94. The van der Waals surface area contributed by atoms with Crippen molar-refractivity contribution in [2.45, 2.75) is 40.0 Å². The van der Waals surface area contributed by atoms with E-state index in [1.54, 1.807) is 0 Å². The van der Waals surface area contributed by atoms with Crippen LogP contribution in [0.2, 0.25) is 0 Å². The first-order valence-corrected chi connectivity index (χ1v) is 5.76. The van der Waals surface area contributed by atoms with Crippen LogP contribution in [0.15, 0.2) is 24.3 Å². The molecule has 0 aliphatic carbocycles. The number of aryl methyl sites for hydroxylation is 2. The van der Waals surface area contributed by atoms with Gasteiger partial charge in [0.05, 0.1) is 5.52 Å². The van der Waals surface area contributed by atoms with Gasteiger partial charge >= 0.3 is 0 Å². The van der Waals surface area contributed by atoms with Gasteiger partial charge < -0.3 is 0 Å². The maximum Gasteiger partial charge on any atom is 0.0708 e. The Morgan fingerprint density at radius 2 is 1.69 bits per heavy atom. The zero-order valence-electron chi connectivity index (χ0n) is 10.8. The lowest BCUT2D eigenvalue weighted by molar-refractivity contribution is 0.571. The minimum atomic E-state index is 0.115. The Labute approximate surface area is 97.5 Å². The molecular weight excluding hydrogens is 194 g/mol. The molecule has 16 heavy (non-hydrogen) atoms. The minimum Gasteiger partial charge on any atom is -0.252 e.